The first kappa shape index (κ1) is 25.4. The molecule has 0 bridgehead atoms. The van der Waals surface area contributed by atoms with Crippen molar-refractivity contribution in [2.24, 2.45) is 0 Å². The van der Waals surface area contributed by atoms with Gasteiger partial charge in [-0.2, -0.15) is 0 Å². The van der Waals surface area contributed by atoms with Crippen molar-refractivity contribution in [3.05, 3.63) is 83.9 Å². The van der Waals surface area contributed by atoms with Crippen LogP contribution in [0.15, 0.2) is 72.8 Å². The molecule has 170 valence electrons. The van der Waals surface area contributed by atoms with E-state index in [2.05, 4.69) is 84.6 Å². The highest BCUT2D eigenvalue weighted by atomic mass is 15.1. The SMILES string of the molecule is CCCCCCC/C=C/CCCCCCCN(Cc1ccccc1)Cc1ccccc1. The first-order valence-electron chi connectivity index (χ1n) is 12.8. The summed E-state index contributed by atoms with van der Waals surface area (Å²) in [5.41, 5.74) is 2.83. The molecule has 0 N–H and O–H groups in total. The van der Waals surface area contributed by atoms with Crippen LogP contribution in [0.3, 0.4) is 0 Å². The molecule has 0 heterocycles. The number of allylic oxidation sites excluding steroid dienone is 2. The van der Waals surface area contributed by atoms with E-state index in [1.54, 1.807) is 0 Å². The third-order valence-corrected chi connectivity index (χ3v) is 5.98. The molecule has 0 aliphatic heterocycles. The largest absolute Gasteiger partial charge is 0.295 e. The molecule has 0 saturated carbocycles. The molecule has 0 aromatic heterocycles. The number of hydrogen-bond donors (Lipinski definition) is 0. The minimum Gasteiger partial charge on any atom is -0.295 e. The molecule has 0 aliphatic carbocycles. The Balaban J connectivity index is 1.56. The van der Waals surface area contributed by atoms with Gasteiger partial charge in [-0.25, -0.2) is 0 Å². The summed E-state index contributed by atoms with van der Waals surface area (Å²) in [6.45, 7) is 5.55. The highest BCUT2D eigenvalue weighted by Crippen LogP contribution is 2.13. The van der Waals surface area contributed by atoms with E-state index in [9.17, 15) is 0 Å². The lowest BCUT2D eigenvalue weighted by atomic mass is 10.1. The van der Waals surface area contributed by atoms with Crippen molar-refractivity contribution in [2.45, 2.75) is 97.1 Å². The molecule has 2 aromatic rings. The van der Waals surface area contributed by atoms with Crippen molar-refractivity contribution in [1.29, 1.82) is 0 Å². The van der Waals surface area contributed by atoms with Gasteiger partial charge in [-0.05, 0) is 49.8 Å². The van der Waals surface area contributed by atoms with E-state index in [-0.39, 0.29) is 0 Å². The molecule has 0 spiro atoms. The average molecular weight is 420 g/mol. The molecule has 31 heavy (non-hydrogen) atoms. The molecule has 0 aliphatic rings. The minimum atomic E-state index is 1.04. The van der Waals surface area contributed by atoms with Crippen LogP contribution >= 0.6 is 0 Å². The molecule has 2 rings (SSSR count). The fraction of sp³-hybridized carbons (Fsp3) is 0.533. The Morgan fingerprint density at radius 3 is 1.52 bits per heavy atom. The second-order valence-electron chi connectivity index (χ2n) is 8.91. The van der Waals surface area contributed by atoms with E-state index >= 15 is 0 Å². The normalized spacial score (nSPS) is 11.5. The van der Waals surface area contributed by atoms with Crippen LogP contribution in [0.2, 0.25) is 0 Å². The Labute approximate surface area is 192 Å². The van der Waals surface area contributed by atoms with Crippen molar-refractivity contribution in [1.82, 2.24) is 4.90 Å². The summed E-state index contributed by atoms with van der Waals surface area (Å²) in [5, 5.41) is 0. The first-order valence-corrected chi connectivity index (χ1v) is 12.8. The molecule has 0 saturated heterocycles. The number of unbranched alkanes of at least 4 members (excludes halogenated alkanes) is 10. The van der Waals surface area contributed by atoms with Gasteiger partial charge in [-0.15, -0.1) is 0 Å². The lowest BCUT2D eigenvalue weighted by molar-refractivity contribution is 0.250. The summed E-state index contributed by atoms with van der Waals surface area (Å²) in [6, 6.07) is 21.8. The van der Waals surface area contributed by atoms with Gasteiger partial charge in [0.05, 0.1) is 0 Å². The Morgan fingerprint density at radius 1 is 0.548 bits per heavy atom. The van der Waals surface area contributed by atoms with Gasteiger partial charge in [0.2, 0.25) is 0 Å². The zero-order chi connectivity index (χ0) is 21.8. The van der Waals surface area contributed by atoms with Gasteiger partial charge in [0.25, 0.3) is 0 Å². The quantitative estimate of drug-likeness (QED) is 0.172. The second kappa shape index (κ2) is 17.8. The number of rotatable bonds is 18. The Hall–Kier alpha value is -1.86. The van der Waals surface area contributed by atoms with Crippen LogP contribution in [0.1, 0.15) is 95.1 Å². The molecule has 0 radical (unpaired) electrons. The Bertz CT molecular complexity index is 620. The summed E-state index contributed by atoms with van der Waals surface area (Å²) < 4.78 is 0. The van der Waals surface area contributed by atoms with Crippen LogP contribution in [-0.4, -0.2) is 11.4 Å². The third kappa shape index (κ3) is 13.2. The average Bonchev–Trinajstić information content (AvgIpc) is 2.80. The maximum Gasteiger partial charge on any atom is 0.0237 e. The smallest absolute Gasteiger partial charge is 0.0237 e. The van der Waals surface area contributed by atoms with Gasteiger partial charge in [0.15, 0.2) is 0 Å². The van der Waals surface area contributed by atoms with E-state index in [1.165, 1.54) is 94.7 Å². The van der Waals surface area contributed by atoms with Crippen LogP contribution in [0, 0.1) is 0 Å². The number of benzene rings is 2. The zero-order valence-corrected chi connectivity index (χ0v) is 20.0. The molecule has 1 nitrogen and oxygen atoms in total. The van der Waals surface area contributed by atoms with Crippen molar-refractivity contribution in [2.75, 3.05) is 6.54 Å². The maximum atomic E-state index is 2.61. The van der Waals surface area contributed by atoms with Crippen LogP contribution in [0.5, 0.6) is 0 Å². The summed E-state index contributed by atoms with van der Waals surface area (Å²) in [5.74, 6) is 0. The predicted octanol–water partition coefficient (Wildman–Crippen LogP) is 8.95. The monoisotopic (exact) mass is 419 g/mol. The minimum absolute atomic E-state index is 1.04. The number of hydrogen-bond acceptors (Lipinski definition) is 1. The summed E-state index contributed by atoms with van der Waals surface area (Å²) >= 11 is 0. The zero-order valence-electron chi connectivity index (χ0n) is 20.0. The first-order chi connectivity index (χ1) is 15.4. The van der Waals surface area contributed by atoms with Crippen LogP contribution < -0.4 is 0 Å². The number of nitrogens with zero attached hydrogens (tertiary/aromatic N) is 1. The van der Waals surface area contributed by atoms with Crippen LogP contribution in [0.25, 0.3) is 0 Å². The summed E-state index contributed by atoms with van der Waals surface area (Å²) in [6.07, 6.45) is 21.1. The standard InChI is InChI=1S/C30H45N/c1-2-3-4-5-6-7-8-9-10-11-12-13-14-21-26-31(27-29-22-17-15-18-23-29)28-30-24-19-16-20-25-30/h8-9,15-20,22-25H,2-7,10-14,21,26-28H2,1H3/b9-8+. The molecule has 2 aromatic carbocycles. The topological polar surface area (TPSA) is 3.24 Å². The highest BCUT2D eigenvalue weighted by Gasteiger charge is 2.07. The molecule has 0 atom stereocenters. The van der Waals surface area contributed by atoms with E-state index in [0.717, 1.165) is 13.1 Å². The van der Waals surface area contributed by atoms with E-state index in [1.807, 2.05) is 0 Å². The summed E-state index contributed by atoms with van der Waals surface area (Å²) in [7, 11) is 0. The Morgan fingerprint density at radius 2 is 1.00 bits per heavy atom. The molecule has 1 heteroatoms. The van der Waals surface area contributed by atoms with Crippen LogP contribution in [0.4, 0.5) is 0 Å². The maximum absolute atomic E-state index is 2.61. The molecular weight excluding hydrogens is 374 g/mol. The van der Waals surface area contributed by atoms with Crippen molar-refractivity contribution < 1.29 is 0 Å². The van der Waals surface area contributed by atoms with Gasteiger partial charge in [0, 0.05) is 13.1 Å². The summed E-state index contributed by atoms with van der Waals surface area (Å²) in [4.78, 5) is 2.61. The van der Waals surface area contributed by atoms with Crippen LogP contribution in [-0.2, 0) is 13.1 Å². The molecule has 0 unspecified atom stereocenters. The predicted molar refractivity (Wildman–Crippen MR) is 137 cm³/mol. The second-order valence-corrected chi connectivity index (χ2v) is 8.91. The third-order valence-electron chi connectivity index (χ3n) is 5.98. The van der Waals surface area contributed by atoms with Gasteiger partial charge >= 0.3 is 0 Å². The Kier molecular flexibility index (Phi) is 14.6. The molecule has 0 amide bonds. The van der Waals surface area contributed by atoms with Crippen molar-refractivity contribution in [3.8, 4) is 0 Å². The molecule has 0 fully saturated rings. The van der Waals surface area contributed by atoms with Crippen molar-refractivity contribution >= 4 is 0 Å². The van der Waals surface area contributed by atoms with Crippen molar-refractivity contribution in [3.63, 3.8) is 0 Å². The fourth-order valence-corrected chi connectivity index (χ4v) is 4.13. The van der Waals surface area contributed by atoms with Gasteiger partial charge in [-0.3, -0.25) is 4.90 Å². The van der Waals surface area contributed by atoms with E-state index < -0.39 is 0 Å². The van der Waals surface area contributed by atoms with Gasteiger partial charge in [0.1, 0.15) is 0 Å². The lowest BCUT2D eigenvalue weighted by Crippen LogP contribution is -2.24. The van der Waals surface area contributed by atoms with E-state index in [0.29, 0.717) is 0 Å². The van der Waals surface area contributed by atoms with Gasteiger partial charge < -0.3 is 0 Å². The van der Waals surface area contributed by atoms with E-state index in [4.69, 9.17) is 0 Å². The fourth-order valence-electron chi connectivity index (χ4n) is 4.13. The highest BCUT2D eigenvalue weighted by molar-refractivity contribution is 5.17. The molecular formula is C30H45N. The lowest BCUT2D eigenvalue weighted by Gasteiger charge is -2.22. The van der Waals surface area contributed by atoms with Gasteiger partial charge in [-0.1, -0.05) is 125 Å².